The Labute approximate surface area is 155 Å². The Morgan fingerprint density at radius 3 is 2.48 bits per heavy atom. The topological polar surface area (TPSA) is 27.6 Å². The summed E-state index contributed by atoms with van der Waals surface area (Å²) < 4.78 is 13.6. The third-order valence-electron chi connectivity index (χ3n) is 5.12. The Morgan fingerprint density at radius 1 is 1.22 bits per heavy atom. The smallest absolute Gasteiger partial charge is 0.193 e. The molecule has 0 amide bonds. The first-order chi connectivity index (χ1) is 10.8. The van der Waals surface area contributed by atoms with Crippen molar-refractivity contribution in [3.05, 3.63) is 35.6 Å². The molecule has 1 aromatic carbocycles. The monoisotopic (exact) mass is 431 g/mol. The Kier molecular flexibility index (Phi) is 7.11. The first-order valence-electron chi connectivity index (χ1n) is 8.47. The molecule has 0 spiro atoms. The molecule has 0 radical (unpaired) electrons. The van der Waals surface area contributed by atoms with Gasteiger partial charge in [0.15, 0.2) is 5.96 Å². The van der Waals surface area contributed by atoms with Gasteiger partial charge in [-0.1, -0.05) is 31.0 Å². The van der Waals surface area contributed by atoms with Crippen LogP contribution in [0.2, 0.25) is 0 Å². The highest BCUT2D eigenvalue weighted by Crippen LogP contribution is 2.35. The van der Waals surface area contributed by atoms with Crippen LogP contribution in [0.3, 0.4) is 0 Å². The summed E-state index contributed by atoms with van der Waals surface area (Å²) in [7, 11) is 1.84. The fourth-order valence-electron chi connectivity index (χ4n) is 3.92. The van der Waals surface area contributed by atoms with E-state index in [9.17, 15) is 4.39 Å². The van der Waals surface area contributed by atoms with Gasteiger partial charge in [-0.05, 0) is 42.7 Å². The minimum atomic E-state index is -0.119. The Hall–Kier alpha value is -0.850. The van der Waals surface area contributed by atoms with Gasteiger partial charge in [-0.25, -0.2) is 4.39 Å². The van der Waals surface area contributed by atoms with Gasteiger partial charge < -0.3 is 10.2 Å². The summed E-state index contributed by atoms with van der Waals surface area (Å²) >= 11 is 0. The molecule has 2 fully saturated rings. The van der Waals surface area contributed by atoms with Crippen molar-refractivity contribution >= 4 is 29.9 Å². The summed E-state index contributed by atoms with van der Waals surface area (Å²) in [6.45, 7) is 2.98. The third kappa shape index (κ3) is 4.58. The van der Waals surface area contributed by atoms with Gasteiger partial charge in [-0.3, -0.25) is 4.99 Å². The van der Waals surface area contributed by atoms with E-state index in [0.717, 1.165) is 43.0 Å². The lowest BCUT2D eigenvalue weighted by Gasteiger charge is -2.22. The molecule has 2 aliphatic rings. The number of benzene rings is 1. The molecular formula is C18H27FIN3. The molecule has 1 aromatic rings. The molecule has 2 atom stereocenters. The Balaban J connectivity index is 0.00000192. The number of aliphatic imine (C=N–C) groups is 1. The van der Waals surface area contributed by atoms with Crippen LogP contribution in [0.5, 0.6) is 0 Å². The fraction of sp³-hybridized carbons (Fsp3) is 0.611. The van der Waals surface area contributed by atoms with E-state index >= 15 is 0 Å². The molecule has 5 heteroatoms. The van der Waals surface area contributed by atoms with E-state index in [1.807, 2.05) is 19.2 Å². The van der Waals surface area contributed by atoms with E-state index in [0.29, 0.717) is 6.42 Å². The van der Waals surface area contributed by atoms with Crippen molar-refractivity contribution in [2.45, 2.75) is 32.1 Å². The van der Waals surface area contributed by atoms with E-state index in [1.54, 1.807) is 6.07 Å². The van der Waals surface area contributed by atoms with Crippen LogP contribution in [0.15, 0.2) is 29.3 Å². The maximum atomic E-state index is 13.6. The lowest BCUT2D eigenvalue weighted by atomic mass is 9.82. The number of nitrogens with one attached hydrogen (secondary N) is 1. The molecular weight excluding hydrogens is 404 g/mol. The molecule has 0 aromatic heterocycles. The summed E-state index contributed by atoms with van der Waals surface area (Å²) in [5.74, 6) is 2.55. The molecule has 1 N–H and O–H groups in total. The molecule has 1 heterocycles. The summed E-state index contributed by atoms with van der Waals surface area (Å²) in [6.07, 6.45) is 6.19. The predicted octanol–water partition coefficient (Wildman–Crippen LogP) is 3.68. The van der Waals surface area contributed by atoms with Crippen molar-refractivity contribution < 1.29 is 4.39 Å². The van der Waals surface area contributed by atoms with Gasteiger partial charge in [0.05, 0.1) is 0 Å². The highest BCUT2D eigenvalue weighted by Gasteiger charge is 2.35. The zero-order valence-corrected chi connectivity index (χ0v) is 16.1. The number of hydrogen-bond acceptors (Lipinski definition) is 1. The summed E-state index contributed by atoms with van der Waals surface area (Å²) in [5.41, 5.74) is 0.764. The number of rotatable bonds is 3. The van der Waals surface area contributed by atoms with Crippen molar-refractivity contribution in [3.63, 3.8) is 0 Å². The van der Waals surface area contributed by atoms with Crippen LogP contribution in [0.1, 0.15) is 31.2 Å². The Bertz CT molecular complexity index is 521. The molecule has 1 aliphatic heterocycles. The first kappa shape index (κ1) is 18.5. The van der Waals surface area contributed by atoms with Gasteiger partial charge >= 0.3 is 0 Å². The number of hydrogen-bond donors (Lipinski definition) is 1. The molecule has 1 saturated carbocycles. The van der Waals surface area contributed by atoms with E-state index in [4.69, 9.17) is 0 Å². The van der Waals surface area contributed by atoms with Crippen molar-refractivity contribution in [1.29, 1.82) is 0 Å². The number of guanidine groups is 1. The van der Waals surface area contributed by atoms with Gasteiger partial charge in [-0.15, -0.1) is 24.0 Å². The molecule has 23 heavy (non-hydrogen) atoms. The fourth-order valence-corrected chi connectivity index (χ4v) is 3.92. The number of fused-ring (bicyclic) bond motifs is 1. The van der Waals surface area contributed by atoms with Crippen molar-refractivity contribution in [2.75, 3.05) is 26.7 Å². The van der Waals surface area contributed by atoms with Crippen molar-refractivity contribution in [3.8, 4) is 0 Å². The van der Waals surface area contributed by atoms with Crippen LogP contribution in [-0.2, 0) is 6.42 Å². The van der Waals surface area contributed by atoms with Crippen LogP contribution in [-0.4, -0.2) is 37.5 Å². The van der Waals surface area contributed by atoms with Gasteiger partial charge in [-0.2, -0.15) is 0 Å². The van der Waals surface area contributed by atoms with Crippen LogP contribution >= 0.6 is 24.0 Å². The summed E-state index contributed by atoms with van der Waals surface area (Å²) in [4.78, 5) is 6.81. The zero-order chi connectivity index (χ0) is 15.4. The molecule has 3 rings (SSSR count). The average Bonchev–Trinajstić information content (AvgIpc) is 2.97. The van der Waals surface area contributed by atoms with Gasteiger partial charge in [0.1, 0.15) is 5.82 Å². The van der Waals surface area contributed by atoms with Crippen LogP contribution in [0.25, 0.3) is 0 Å². The quantitative estimate of drug-likeness (QED) is 0.449. The minimum absolute atomic E-state index is 0. The average molecular weight is 431 g/mol. The molecule has 2 unspecified atom stereocenters. The molecule has 1 saturated heterocycles. The predicted molar refractivity (Wildman–Crippen MR) is 104 cm³/mol. The van der Waals surface area contributed by atoms with E-state index < -0.39 is 0 Å². The molecule has 0 bridgehead atoms. The normalized spacial score (nSPS) is 24.1. The van der Waals surface area contributed by atoms with E-state index in [-0.39, 0.29) is 29.8 Å². The SMILES string of the molecule is CN=C(NCCc1ccccc1F)N1CC2CCCCC2C1.I. The summed E-state index contributed by atoms with van der Waals surface area (Å²) in [6, 6.07) is 7.00. The highest BCUT2D eigenvalue weighted by atomic mass is 127. The maximum absolute atomic E-state index is 13.6. The van der Waals surface area contributed by atoms with Gasteiger partial charge in [0, 0.05) is 26.7 Å². The Morgan fingerprint density at radius 2 is 1.87 bits per heavy atom. The minimum Gasteiger partial charge on any atom is -0.356 e. The maximum Gasteiger partial charge on any atom is 0.193 e. The van der Waals surface area contributed by atoms with Crippen LogP contribution in [0, 0.1) is 17.7 Å². The number of halogens is 2. The first-order valence-corrected chi connectivity index (χ1v) is 8.47. The number of nitrogens with zero attached hydrogens (tertiary/aromatic N) is 2. The highest BCUT2D eigenvalue weighted by molar-refractivity contribution is 14.0. The van der Waals surface area contributed by atoms with Crippen LogP contribution < -0.4 is 5.32 Å². The van der Waals surface area contributed by atoms with Crippen LogP contribution in [0.4, 0.5) is 4.39 Å². The van der Waals surface area contributed by atoms with Gasteiger partial charge in [0.2, 0.25) is 0 Å². The van der Waals surface area contributed by atoms with E-state index in [1.165, 1.54) is 31.7 Å². The third-order valence-corrected chi connectivity index (χ3v) is 5.12. The molecule has 1 aliphatic carbocycles. The second kappa shape index (κ2) is 8.85. The second-order valence-electron chi connectivity index (χ2n) is 6.52. The van der Waals surface area contributed by atoms with E-state index in [2.05, 4.69) is 15.2 Å². The standard InChI is InChI=1S/C18H26FN3.HI/c1-20-18(21-11-10-14-6-4-5-9-17(14)19)22-12-15-7-2-3-8-16(15)13-22;/h4-6,9,15-16H,2-3,7-8,10-13H2,1H3,(H,20,21);1H. The number of likely N-dealkylation sites (tertiary alicyclic amines) is 1. The molecule has 3 nitrogen and oxygen atoms in total. The molecule has 128 valence electrons. The van der Waals surface area contributed by atoms with Crippen molar-refractivity contribution in [1.82, 2.24) is 10.2 Å². The van der Waals surface area contributed by atoms with Crippen molar-refractivity contribution in [2.24, 2.45) is 16.8 Å². The zero-order valence-electron chi connectivity index (χ0n) is 13.8. The summed E-state index contributed by atoms with van der Waals surface area (Å²) in [5, 5.41) is 3.41. The lowest BCUT2D eigenvalue weighted by Crippen LogP contribution is -2.41. The lowest BCUT2D eigenvalue weighted by molar-refractivity contribution is 0.299. The second-order valence-corrected chi connectivity index (χ2v) is 6.52. The van der Waals surface area contributed by atoms with Gasteiger partial charge in [0.25, 0.3) is 0 Å². The largest absolute Gasteiger partial charge is 0.356 e.